The van der Waals surface area contributed by atoms with Crippen LogP contribution in [0.5, 0.6) is 0 Å². The third-order valence-corrected chi connectivity index (χ3v) is 3.64. The Morgan fingerprint density at radius 1 is 1.22 bits per heavy atom. The Morgan fingerprint density at radius 2 is 1.65 bits per heavy atom. The molecule has 1 rings (SSSR count). The van der Waals surface area contributed by atoms with Crippen LogP contribution in [0.15, 0.2) is 29.2 Å². The summed E-state index contributed by atoms with van der Waals surface area (Å²) in [4.78, 5) is 11.2. The average molecular weight is 382 g/mol. The summed E-state index contributed by atoms with van der Waals surface area (Å²) in [5, 5.41) is 9.86. The molecule has 0 aliphatic rings. The van der Waals surface area contributed by atoms with Gasteiger partial charge in [-0.15, -0.1) is 0 Å². The molecule has 0 fully saturated rings. The number of carboxylic acids is 1. The largest absolute Gasteiger partial charge is 0.480 e. The van der Waals surface area contributed by atoms with Crippen molar-refractivity contribution in [2.45, 2.75) is 58.9 Å². The van der Waals surface area contributed by atoms with E-state index in [-0.39, 0.29) is 18.6 Å². The number of carboxylic acid groups (broad SMARTS) is 1. The molecular weight excluding hydrogens is 353 g/mol. The molecule has 0 heterocycles. The van der Waals surface area contributed by atoms with E-state index in [0.29, 0.717) is 4.90 Å². The first-order valence-corrected chi connectivity index (χ1v) is 8.68. The smallest absolute Gasteiger partial charge is 0.323 e. The van der Waals surface area contributed by atoms with E-state index < -0.39 is 23.1 Å². The van der Waals surface area contributed by atoms with Gasteiger partial charge >= 0.3 is 5.97 Å². The van der Waals surface area contributed by atoms with Crippen LogP contribution in [0.3, 0.4) is 0 Å². The van der Waals surface area contributed by atoms with E-state index in [1.165, 1.54) is 14.0 Å². The second-order valence-corrected chi connectivity index (χ2v) is 4.96. The van der Waals surface area contributed by atoms with Gasteiger partial charge in [0, 0.05) is 25.6 Å². The maximum absolute atomic E-state index is 11.8. The topological polar surface area (TPSA) is 66.8 Å². The van der Waals surface area contributed by atoms with Gasteiger partial charge in [0.15, 0.2) is 0 Å². The van der Waals surface area contributed by atoms with Gasteiger partial charge in [-0.1, -0.05) is 46.8 Å². The Kier molecular flexibility index (Phi) is 19.2. The SMILES string of the molecule is CC.CC.CCc1ccc(S(=O)ON(C)C(C)C(=O)O)cc1.[V]. The molecule has 1 aromatic rings. The van der Waals surface area contributed by atoms with Gasteiger partial charge in [-0.2, -0.15) is 9.35 Å². The number of aliphatic carboxylic acids is 1. The molecule has 1 aromatic carbocycles. The molecule has 0 saturated heterocycles. The molecule has 133 valence electrons. The molecule has 2 atom stereocenters. The van der Waals surface area contributed by atoms with Gasteiger partial charge in [0.2, 0.25) is 11.1 Å². The molecule has 0 saturated carbocycles. The van der Waals surface area contributed by atoms with Crippen molar-refractivity contribution >= 4 is 17.0 Å². The van der Waals surface area contributed by atoms with E-state index in [1.807, 2.05) is 46.8 Å². The monoisotopic (exact) mass is 382 g/mol. The van der Waals surface area contributed by atoms with Crippen molar-refractivity contribution in [1.82, 2.24) is 5.06 Å². The Balaban J connectivity index is -0.000000739. The first kappa shape index (κ1) is 27.2. The van der Waals surface area contributed by atoms with Crippen molar-refractivity contribution in [3.63, 3.8) is 0 Å². The minimum Gasteiger partial charge on any atom is -0.480 e. The van der Waals surface area contributed by atoms with Gasteiger partial charge in [-0.25, -0.2) is 4.21 Å². The molecule has 2 unspecified atom stereocenters. The minimum absolute atomic E-state index is 0. The molecule has 1 radical (unpaired) electrons. The number of hydrogen-bond acceptors (Lipinski definition) is 4. The van der Waals surface area contributed by atoms with Crippen molar-refractivity contribution in [2.24, 2.45) is 0 Å². The van der Waals surface area contributed by atoms with Crippen molar-refractivity contribution in [1.29, 1.82) is 0 Å². The van der Waals surface area contributed by atoms with Crippen LogP contribution in [-0.2, 0) is 45.1 Å². The third-order valence-electron chi connectivity index (χ3n) is 2.61. The summed E-state index contributed by atoms with van der Waals surface area (Å²) < 4.78 is 16.9. The molecule has 0 aliphatic heterocycles. The van der Waals surface area contributed by atoms with Crippen molar-refractivity contribution in [2.75, 3.05) is 7.05 Å². The van der Waals surface area contributed by atoms with Gasteiger partial charge in [0.05, 0.1) is 4.90 Å². The molecule has 0 spiro atoms. The molecule has 23 heavy (non-hydrogen) atoms. The number of hydroxylamine groups is 2. The predicted molar refractivity (Wildman–Crippen MR) is 90.9 cm³/mol. The Labute approximate surface area is 154 Å². The van der Waals surface area contributed by atoms with Crippen molar-refractivity contribution in [3.8, 4) is 0 Å². The molecule has 7 heteroatoms. The summed E-state index contributed by atoms with van der Waals surface area (Å²) in [7, 11) is 1.44. The van der Waals surface area contributed by atoms with Crippen LogP contribution in [0.1, 0.15) is 47.1 Å². The van der Waals surface area contributed by atoms with Gasteiger partial charge in [0.1, 0.15) is 6.04 Å². The van der Waals surface area contributed by atoms with Crippen molar-refractivity contribution < 1.29 is 36.9 Å². The molecular formula is C16H29NO4SV. The molecule has 5 nitrogen and oxygen atoms in total. The van der Waals surface area contributed by atoms with E-state index in [4.69, 9.17) is 9.39 Å². The number of hydrogen-bond donors (Lipinski definition) is 1. The Bertz CT molecular complexity index is 440. The van der Waals surface area contributed by atoms with Crippen LogP contribution in [0.2, 0.25) is 0 Å². The number of aryl methyl sites for hydroxylation is 1. The first-order valence-electron chi connectivity index (χ1n) is 7.60. The van der Waals surface area contributed by atoms with Crippen LogP contribution >= 0.6 is 0 Å². The van der Waals surface area contributed by atoms with Gasteiger partial charge in [-0.3, -0.25) is 4.79 Å². The van der Waals surface area contributed by atoms with Crippen LogP contribution < -0.4 is 0 Å². The zero-order valence-electron chi connectivity index (χ0n) is 15.1. The fraction of sp³-hybridized carbons (Fsp3) is 0.562. The van der Waals surface area contributed by atoms with Crippen molar-refractivity contribution in [3.05, 3.63) is 29.8 Å². The Morgan fingerprint density at radius 3 is 2.00 bits per heavy atom. The summed E-state index contributed by atoms with van der Waals surface area (Å²) in [6.45, 7) is 11.5. The average Bonchev–Trinajstić information content (AvgIpc) is 2.57. The zero-order chi connectivity index (χ0) is 17.7. The van der Waals surface area contributed by atoms with E-state index in [1.54, 1.807) is 12.1 Å². The van der Waals surface area contributed by atoms with Crippen LogP contribution in [0.4, 0.5) is 0 Å². The van der Waals surface area contributed by atoms with E-state index in [9.17, 15) is 9.00 Å². The van der Waals surface area contributed by atoms with E-state index in [2.05, 4.69) is 0 Å². The molecule has 0 amide bonds. The summed E-state index contributed by atoms with van der Waals surface area (Å²) in [6.07, 6.45) is 0.906. The second-order valence-electron chi connectivity index (χ2n) is 3.87. The first-order chi connectivity index (χ1) is 10.5. The van der Waals surface area contributed by atoms with Crippen LogP contribution in [0, 0.1) is 0 Å². The van der Waals surface area contributed by atoms with Crippen LogP contribution in [0.25, 0.3) is 0 Å². The van der Waals surface area contributed by atoms with Gasteiger partial charge < -0.3 is 5.11 Å². The third kappa shape index (κ3) is 10.7. The normalized spacial score (nSPS) is 11.8. The van der Waals surface area contributed by atoms with Gasteiger partial charge in [-0.05, 0) is 31.0 Å². The van der Waals surface area contributed by atoms with E-state index in [0.717, 1.165) is 17.0 Å². The standard InChI is InChI=1S/C12H17NO4S.2C2H6.V/c1-4-10-5-7-11(8-6-10)18(16)17-13(3)9(2)12(14)15;2*1-2;/h5-9H,4H2,1-3H3,(H,14,15);2*1-2H3;. The maximum atomic E-state index is 11.8. The molecule has 0 aliphatic carbocycles. The number of rotatable bonds is 6. The molecule has 1 N–H and O–H groups in total. The van der Waals surface area contributed by atoms with Gasteiger partial charge in [0.25, 0.3) is 0 Å². The summed E-state index contributed by atoms with van der Waals surface area (Å²) in [5.41, 5.74) is 1.14. The number of benzene rings is 1. The fourth-order valence-corrected chi connectivity index (χ4v) is 1.99. The van der Waals surface area contributed by atoms with Crippen LogP contribution in [-0.4, -0.2) is 33.4 Å². The Hall–Kier alpha value is -0.656. The minimum atomic E-state index is -1.70. The molecule has 0 aromatic heterocycles. The predicted octanol–water partition coefficient (Wildman–Crippen LogP) is 3.66. The summed E-state index contributed by atoms with van der Waals surface area (Å²) >= 11 is -1.70. The zero-order valence-corrected chi connectivity index (χ0v) is 17.3. The van der Waals surface area contributed by atoms with E-state index >= 15 is 0 Å². The number of carbonyl (C=O) groups is 1. The maximum Gasteiger partial charge on any atom is 0.323 e. The summed E-state index contributed by atoms with van der Waals surface area (Å²) in [5.74, 6) is -1.03. The quantitative estimate of drug-likeness (QED) is 0.761. The second kappa shape index (κ2) is 16.2. The molecule has 0 bridgehead atoms. The number of nitrogens with zero attached hydrogens (tertiary/aromatic N) is 1. The summed E-state index contributed by atoms with van der Waals surface area (Å²) in [6, 6.07) is 6.32. The number of likely N-dealkylation sites (N-methyl/N-ethyl adjacent to an activating group) is 1. The fourth-order valence-electron chi connectivity index (χ4n) is 1.21.